The Morgan fingerprint density at radius 3 is 2.26 bits per heavy atom. The van der Waals surface area contributed by atoms with E-state index in [0.717, 1.165) is 0 Å². The normalized spacial score (nSPS) is 14.5. The molecule has 0 heterocycles. The molecule has 0 aromatic rings. The fourth-order valence-corrected chi connectivity index (χ4v) is 2.10. The van der Waals surface area contributed by atoms with Crippen LogP contribution in [0.4, 0.5) is 4.79 Å². The Morgan fingerprint density at radius 2 is 1.84 bits per heavy atom. The van der Waals surface area contributed by atoms with E-state index < -0.39 is 27.4 Å². The average Bonchev–Trinajstić information content (AvgIpc) is 2.34. The molecule has 0 aliphatic heterocycles. The van der Waals surface area contributed by atoms with E-state index in [1.807, 2.05) is 0 Å². The third-order valence-electron chi connectivity index (χ3n) is 2.93. The summed E-state index contributed by atoms with van der Waals surface area (Å²) in [6.45, 7) is 4.82. The Labute approximate surface area is 113 Å². The number of carbonyl (C=O) groups is 2. The summed E-state index contributed by atoms with van der Waals surface area (Å²) in [6.07, 6.45) is 0.555. The molecule has 0 aromatic carbocycles. The van der Waals surface area contributed by atoms with Gasteiger partial charge in [0.1, 0.15) is 15.4 Å². The van der Waals surface area contributed by atoms with Crippen molar-refractivity contribution in [2.45, 2.75) is 39.2 Å². The Hall–Kier alpha value is -1.31. The summed E-state index contributed by atoms with van der Waals surface area (Å²) in [5.41, 5.74) is -1.32. The number of aliphatic carboxylic acids is 1. The quantitative estimate of drug-likeness (QED) is 0.560. The largest absolute Gasteiger partial charge is 0.480 e. The zero-order valence-corrected chi connectivity index (χ0v) is 12.3. The zero-order chi connectivity index (χ0) is 15.1. The van der Waals surface area contributed by atoms with E-state index in [2.05, 4.69) is 10.6 Å². The summed E-state index contributed by atoms with van der Waals surface area (Å²) in [5.74, 6) is -1.03. The molecule has 3 N–H and O–H groups in total. The van der Waals surface area contributed by atoms with Crippen LogP contribution in [0.15, 0.2) is 0 Å². The molecule has 0 fully saturated rings. The molecule has 19 heavy (non-hydrogen) atoms. The fourth-order valence-electron chi connectivity index (χ4n) is 1.23. The van der Waals surface area contributed by atoms with Crippen molar-refractivity contribution in [1.82, 2.24) is 10.6 Å². The van der Waals surface area contributed by atoms with Crippen molar-refractivity contribution in [3.8, 4) is 0 Å². The fraction of sp³-hybridized carbons (Fsp3) is 0.818. The van der Waals surface area contributed by atoms with Crippen LogP contribution in [0.1, 0.15) is 33.6 Å². The lowest BCUT2D eigenvalue weighted by molar-refractivity contribution is -0.143. The van der Waals surface area contributed by atoms with Gasteiger partial charge in [0.25, 0.3) is 0 Å². The van der Waals surface area contributed by atoms with Gasteiger partial charge in [-0.15, -0.1) is 0 Å². The molecule has 0 saturated heterocycles. The summed E-state index contributed by atoms with van der Waals surface area (Å²) in [7, 11) is -3.04. The van der Waals surface area contributed by atoms with Crippen molar-refractivity contribution in [2.75, 3.05) is 18.1 Å². The van der Waals surface area contributed by atoms with Crippen LogP contribution in [-0.4, -0.2) is 49.1 Å². The highest BCUT2D eigenvalue weighted by Crippen LogP contribution is 2.08. The first-order valence-corrected chi connectivity index (χ1v) is 7.99. The van der Waals surface area contributed by atoms with E-state index in [1.165, 1.54) is 6.92 Å². The lowest BCUT2D eigenvalue weighted by atomic mass is 10.00. The van der Waals surface area contributed by atoms with Gasteiger partial charge in [0.2, 0.25) is 0 Å². The SMILES string of the molecule is CCC(C)(NC(=O)NCCCS(=O)(=O)CC)C(=O)O. The van der Waals surface area contributed by atoms with Gasteiger partial charge < -0.3 is 15.7 Å². The second-order valence-electron chi connectivity index (χ2n) is 4.46. The Balaban J connectivity index is 4.11. The molecule has 2 amide bonds. The van der Waals surface area contributed by atoms with Crippen LogP contribution in [0.2, 0.25) is 0 Å². The van der Waals surface area contributed by atoms with Gasteiger partial charge in [0.15, 0.2) is 0 Å². The summed E-state index contributed by atoms with van der Waals surface area (Å²) >= 11 is 0. The first kappa shape index (κ1) is 17.7. The number of nitrogens with one attached hydrogen (secondary N) is 2. The molecule has 0 aliphatic carbocycles. The van der Waals surface area contributed by atoms with Gasteiger partial charge in [-0.1, -0.05) is 13.8 Å². The molecule has 0 saturated carbocycles. The van der Waals surface area contributed by atoms with Gasteiger partial charge in [-0.2, -0.15) is 0 Å². The summed E-state index contributed by atoms with van der Waals surface area (Å²) in [5, 5.41) is 13.8. The number of carboxylic acid groups (broad SMARTS) is 1. The number of hydrogen-bond donors (Lipinski definition) is 3. The van der Waals surface area contributed by atoms with Crippen LogP contribution in [0.3, 0.4) is 0 Å². The van der Waals surface area contributed by atoms with Gasteiger partial charge in [-0.25, -0.2) is 18.0 Å². The third-order valence-corrected chi connectivity index (χ3v) is 4.72. The first-order chi connectivity index (χ1) is 8.67. The highest BCUT2D eigenvalue weighted by atomic mass is 32.2. The number of amides is 2. The molecule has 0 rings (SSSR count). The summed E-state index contributed by atoms with van der Waals surface area (Å²) < 4.78 is 22.4. The predicted molar refractivity (Wildman–Crippen MR) is 71.8 cm³/mol. The Kier molecular flexibility index (Phi) is 6.82. The van der Waals surface area contributed by atoms with Crippen LogP contribution in [-0.2, 0) is 14.6 Å². The molecule has 0 bridgehead atoms. The van der Waals surface area contributed by atoms with Crippen molar-refractivity contribution >= 4 is 21.8 Å². The van der Waals surface area contributed by atoms with Crippen LogP contribution in [0, 0.1) is 0 Å². The van der Waals surface area contributed by atoms with Crippen molar-refractivity contribution < 1.29 is 23.1 Å². The summed E-state index contributed by atoms with van der Waals surface area (Å²) in [4.78, 5) is 22.4. The maximum absolute atomic E-state index is 11.5. The molecule has 112 valence electrons. The van der Waals surface area contributed by atoms with Crippen molar-refractivity contribution in [3.63, 3.8) is 0 Å². The molecular formula is C11H22N2O5S. The number of urea groups is 1. The minimum absolute atomic E-state index is 0.00769. The number of hydrogen-bond acceptors (Lipinski definition) is 4. The van der Waals surface area contributed by atoms with Crippen LogP contribution in [0.25, 0.3) is 0 Å². The predicted octanol–water partition coefficient (Wildman–Crippen LogP) is 0.364. The van der Waals surface area contributed by atoms with E-state index in [9.17, 15) is 18.0 Å². The molecule has 7 nitrogen and oxygen atoms in total. The minimum atomic E-state index is -3.04. The smallest absolute Gasteiger partial charge is 0.329 e. The third kappa shape index (κ3) is 6.42. The van der Waals surface area contributed by atoms with Gasteiger partial charge in [-0.05, 0) is 19.8 Å². The van der Waals surface area contributed by atoms with E-state index in [4.69, 9.17) is 5.11 Å². The van der Waals surface area contributed by atoms with Gasteiger partial charge in [0, 0.05) is 12.3 Å². The van der Waals surface area contributed by atoms with E-state index >= 15 is 0 Å². The first-order valence-electron chi connectivity index (χ1n) is 6.16. The Bertz CT molecular complexity index is 421. The lowest BCUT2D eigenvalue weighted by Gasteiger charge is -2.24. The van der Waals surface area contributed by atoms with Gasteiger partial charge >= 0.3 is 12.0 Å². The molecule has 0 aliphatic rings. The maximum atomic E-state index is 11.5. The maximum Gasteiger partial charge on any atom is 0.329 e. The molecule has 0 spiro atoms. The van der Waals surface area contributed by atoms with Crippen molar-refractivity contribution in [1.29, 1.82) is 0 Å². The second kappa shape index (κ2) is 7.32. The number of carbonyl (C=O) groups excluding carboxylic acids is 1. The van der Waals surface area contributed by atoms with Crippen LogP contribution >= 0.6 is 0 Å². The van der Waals surface area contributed by atoms with Crippen LogP contribution < -0.4 is 10.6 Å². The van der Waals surface area contributed by atoms with E-state index in [1.54, 1.807) is 13.8 Å². The average molecular weight is 294 g/mol. The van der Waals surface area contributed by atoms with Crippen molar-refractivity contribution in [2.24, 2.45) is 0 Å². The lowest BCUT2D eigenvalue weighted by Crippen LogP contribution is -2.55. The van der Waals surface area contributed by atoms with Gasteiger partial charge in [-0.3, -0.25) is 0 Å². The zero-order valence-electron chi connectivity index (χ0n) is 11.5. The molecule has 8 heteroatoms. The summed E-state index contributed by atoms with van der Waals surface area (Å²) in [6, 6.07) is -0.611. The molecule has 0 radical (unpaired) electrons. The van der Waals surface area contributed by atoms with E-state index in [0.29, 0.717) is 6.42 Å². The molecule has 1 unspecified atom stereocenters. The van der Waals surface area contributed by atoms with Crippen LogP contribution in [0.5, 0.6) is 0 Å². The number of carboxylic acids is 1. The van der Waals surface area contributed by atoms with Gasteiger partial charge in [0.05, 0.1) is 5.75 Å². The topological polar surface area (TPSA) is 113 Å². The highest BCUT2D eigenvalue weighted by Gasteiger charge is 2.32. The monoisotopic (exact) mass is 294 g/mol. The molecular weight excluding hydrogens is 272 g/mol. The highest BCUT2D eigenvalue weighted by molar-refractivity contribution is 7.91. The molecule has 0 aromatic heterocycles. The number of sulfone groups is 1. The Morgan fingerprint density at radius 1 is 1.26 bits per heavy atom. The standard InChI is InChI=1S/C11H22N2O5S/c1-4-11(3,9(14)15)13-10(16)12-7-6-8-19(17,18)5-2/h4-8H2,1-3H3,(H,14,15)(H2,12,13,16). The second-order valence-corrected chi connectivity index (χ2v) is 6.93. The van der Waals surface area contributed by atoms with E-state index in [-0.39, 0.29) is 24.5 Å². The number of rotatable bonds is 8. The minimum Gasteiger partial charge on any atom is -0.480 e. The molecule has 1 atom stereocenters. The van der Waals surface area contributed by atoms with Crippen molar-refractivity contribution in [3.05, 3.63) is 0 Å².